The van der Waals surface area contributed by atoms with E-state index < -0.39 is 14.2 Å². The first-order valence-electron chi connectivity index (χ1n) is 0.454. The van der Waals surface area contributed by atoms with E-state index in [1.54, 1.807) is 0 Å². The van der Waals surface area contributed by atoms with Crippen LogP contribution in [0.4, 0.5) is 0 Å². The molecule has 0 unspecified atom stereocenters. The van der Waals surface area contributed by atoms with E-state index >= 15 is 0 Å². The molecule has 4 heavy (non-hydrogen) atoms. The van der Waals surface area contributed by atoms with E-state index in [1.165, 1.54) is 0 Å². The van der Waals surface area contributed by atoms with Crippen molar-refractivity contribution < 1.29 is 3.80 Å². The van der Waals surface area contributed by atoms with Crippen molar-refractivity contribution in [2.24, 2.45) is 0 Å². The fourth-order valence-electron chi connectivity index (χ4n) is 0. The Balaban J connectivity index is 0. The molecular weight excluding hydrogens is 105 g/mol. The van der Waals surface area contributed by atoms with Crippen LogP contribution in [0.2, 0.25) is 0 Å². The van der Waals surface area contributed by atoms with Gasteiger partial charge in [0.15, 0.2) is 0 Å². The van der Waals surface area contributed by atoms with Crippen molar-refractivity contribution in [3.8, 4) is 0 Å². The molecule has 0 fully saturated rings. The summed E-state index contributed by atoms with van der Waals surface area (Å²) in [5.41, 5.74) is 0. The summed E-state index contributed by atoms with van der Waals surface area (Å²) in [6.07, 6.45) is 0. The predicted octanol–water partition coefficient (Wildman–Crippen LogP) is -0.191. The molecule has 0 amide bonds. The molecule has 0 aromatic rings. The Morgan fingerprint density at radius 3 is 1.75 bits per heavy atom. The van der Waals surface area contributed by atoms with Gasteiger partial charge in [0.2, 0.25) is 0 Å². The van der Waals surface area contributed by atoms with Gasteiger partial charge in [-0.15, -0.1) is 0 Å². The van der Waals surface area contributed by atoms with Crippen molar-refractivity contribution in [3.05, 3.63) is 0 Å². The quantitative estimate of drug-likeness (QED) is 0.390. The third-order valence-electron chi connectivity index (χ3n) is 0. The molecule has 4 heteroatoms. The Hall–Kier alpha value is 1.15. The number of rotatable bonds is 0. The van der Waals surface area contributed by atoms with Gasteiger partial charge < -0.3 is 0 Å². The van der Waals surface area contributed by atoms with Crippen molar-refractivity contribution in [1.82, 2.24) is 0 Å². The zero-order chi connectivity index (χ0) is 2.71. The molecule has 0 saturated carbocycles. The maximum atomic E-state index is 8.78. The van der Waals surface area contributed by atoms with E-state index in [4.69, 9.17) is 3.80 Å². The Morgan fingerprint density at radius 2 is 1.75 bits per heavy atom. The monoisotopic (exact) mass is 105 g/mol. The second-order valence-corrected chi connectivity index (χ2v) is 0.802. The van der Waals surface area contributed by atoms with Crippen LogP contribution in [0, 0.1) is 0 Å². The molecule has 0 bridgehead atoms. The molecule has 0 spiro atoms. The van der Waals surface area contributed by atoms with E-state index in [2.05, 4.69) is 10.0 Å². The summed E-state index contributed by atoms with van der Waals surface area (Å²) in [6.45, 7) is 0. The first-order chi connectivity index (χ1) is 1.41. The standard InChI is InChI=1S/2Al.ClH.O/h;;1H;/q;+1;;/p-1. The van der Waals surface area contributed by atoms with Gasteiger partial charge in [-0.05, 0) is 0 Å². The van der Waals surface area contributed by atoms with Gasteiger partial charge in [0.05, 0.1) is 0 Å². The zero-order valence-corrected chi connectivity index (χ0v) is 5.01. The van der Waals surface area contributed by atoms with E-state index in [0.717, 1.165) is 0 Å². The second kappa shape index (κ2) is 8.91. The van der Waals surface area contributed by atoms with Crippen LogP contribution in [0.3, 0.4) is 0 Å². The second-order valence-electron chi connectivity index (χ2n) is 0.0891. The van der Waals surface area contributed by atoms with E-state index in [0.29, 0.717) is 0 Å². The summed E-state index contributed by atoms with van der Waals surface area (Å²) in [5.74, 6) is 0. The average molecular weight is 105 g/mol. The Morgan fingerprint density at radius 1 is 1.75 bits per heavy atom. The molecule has 0 aliphatic rings. The van der Waals surface area contributed by atoms with Crippen LogP contribution in [0.15, 0.2) is 0 Å². The van der Waals surface area contributed by atoms with E-state index in [1.807, 2.05) is 0 Å². The van der Waals surface area contributed by atoms with Gasteiger partial charge >= 0.3 is 28.1 Å². The molecule has 0 aromatic carbocycles. The topological polar surface area (TPSA) is 17.1 Å². The molecule has 19 valence electrons. The predicted molar refractivity (Wildman–Crippen MR) is 18.0 cm³/mol. The van der Waals surface area contributed by atoms with Crippen LogP contribution in [-0.4, -0.2) is 31.6 Å². The summed E-state index contributed by atoms with van der Waals surface area (Å²) in [5, 5.41) is 0. The molecule has 0 N–H and O–H groups in total. The van der Waals surface area contributed by atoms with Gasteiger partial charge in [0.1, 0.15) is 0 Å². The van der Waals surface area contributed by atoms with Gasteiger partial charge in [-0.2, -0.15) is 0 Å². The van der Waals surface area contributed by atoms with E-state index in [-0.39, 0.29) is 17.4 Å². The Labute approximate surface area is 45.6 Å². The zero-order valence-electron chi connectivity index (χ0n) is 1.94. The molecule has 0 rings (SSSR count). The van der Waals surface area contributed by atoms with Crippen LogP contribution >= 0.6 is 10.0 Å². The number of hydrogen-bond acceptors (Lipinski definition) is 1. The molecule has 0 heterocycles. The van der Waals surface area contributed by atoms with Crippen molar-refractivity contribution in [2.75, 3.05) is 0 Å². The first-order valence-corrected chi connectivity index (χ1v) is 2.67. The molecule has 0 aromatic heterocycles. The van der Waals surface area contributed by atoms with Gasteiger partial charge in [-0.1, -0.05) is 0 Å². The molecule has 0 saturated heterocycles. The summed E-state index contributed by atoms with van der Waals surface area (Å²) in [6, 6.07) is 0. The Bertz CT molecular complexity index is 13.5. The number of halogens is 1. The molecule has 0 aliphatic carbocycles. The minimum atomic E-state index is -1.03. The normalized spacial score (nSPS) is 2.25. The fraction of sp³-hybridized carbons (Fsp3) is 0. The van der Waals surface area contributed by atoms with Crippen LogP contribution in [-0.2, 0) is 3.80 Å². The molecule has 1 nitrogen and oxygen atoms in total. The van der Waals surface area contributed by atoms with Crippen molar-refractivity contribution >= 4 is 41.6 Å². The van der Waals surface area contributed by atoms with Gasteiger partial charge in [-0.3, -0.25) is 0 Å². The van der Waals surface area contributed by atoms with E-state index in [9.17, 15) is 0 Å². The minimum absolute atomic E-state index is 0. The van der Waals surface area contributed by atoms with Crippen molar-refractivity contribution in [1.29, 1.82) is 0 Å². The Kier molecular flexibility index (Phi) is 19.9. The molecule has 0 atom stereocenters. The summed E-state index contributed by atoms with van der Waals surface area (Å²) in [7, 11) is 4.53. The third kappa shape index (κ3) is 11.0. The summed E-state index contributed by atoms with van der Waals surface area (Å²) in [4.78, 5) is 0. The molecule has 0 aliphatic heterocycles. The van der Waals surface area contributed by atoms with Crippen LogP contribution in [0.5, 0.6) is 0 Å². The van der Waals surface area contributed by atoms with Crippen molar-refractivity contribution in [2.45, 2.75) is 0 Å². The third-order valence-corrected chi connectivity index (χ3v) is 0. The van der Waals surface area contributed by atoms with Crippen LogP contribution in [0.1, 0.15) is 0 Å². The fourth-order valence-corrected chi connectivity index (χ4v) is 0. The summed E-state index contributed by atoms with van der Waals surface area (Å²) < 4.78 is 8.78. The van der Waals surface area contributed by atoms with Gasteiger partial charge in [-0.25, -0.2) is 0 Å². The van der Waals surface area contributed by atoms with Gasteiger partial charge in [0.25, 0.3) is 0 Å². The van der Waals surface area contributed by atoms with Crippen LogP contribution < -0.4 is 0 Å². The molecule has 3 radical (unpaired) electrons. The SMILES string of the molecule is [Al].[O]=[Al][Cl]. The first kappa shape index (κ1) is 8.94. The maximum absolute atomic E-state index is 8.78. The number of hydrogen-bond donors (Lipinski definition) is 0. The summed E-state index contributed by atoms with van der Waals surface area (Å²) >= 11 is -1.03. The average Bonchev–Trinajstić information content (AvgIpc) is 0.918. The van der Waals surface area contributed by atoms with Crippen LogP contribution in [0.25, 0.3) is 0 Å². The van der Waals surface area contributed by atoms with Gasteiger partial charge in [0, 0.05) is 17.4 Å². The van der Waals surface area contributed by atoms with Crippen molar-refractivity contribution in [3.63, 3.8) is 0 Å². The molecular formula is Al2ClO.